The Kier molecular flexibility index (Phi) is 9.14. The lowest BCUT2D eigenvalue weighted by molar-refractivity contribution is -0.144. The lowest BCUT2D eigenvalue weighted by Gasteiger charge is -2.31. The number of amides is 4. The third kappa shape index (κ3) is 5.81. The van der Waals surface area contributed by atoms with Crippen LogP contribution in [0.15, 0.2) is 30.4 Å². The maximum atomic E-state index is 13.4. The van der Waals surface area contributed by atoms with Gasteiger partial charge in [0.1, 0.15) is 6.04 Å². The predicted octanol–water partition coefficient (Wildman–Crippen LogP) is 3.97. The van der Waals surface area contributed by atoms with Crippen molar-refractivity contribution < 1.29 is 19.2 Å². The fourth-order valence-corrected chi connectivity index (χ4v) is 5.03. The van der Waals surface area contributed by atoms with E-state index >= 15 is 0 Å². The number of hydrogen-bond acceptors (Lipinski definition) is 4. The quantitative estimate of drug-likeness (QED) is 0.383. The minimum atomic E-state index is -0.706. The molecule has 1 aromatic rings. The Morgan fingerprint density at radius 2 is 1.76 bits per heavy atom. The molecule has 1 unspecified atom stereocenters. The van der Waals surface area contributed by atoms with Gasteiger partial charge in [-0.25, -0.2) is 0 Å². The predicted molar refractivity (Wildman–Crippen MR) is 131 cm³/mol. The topological polar surface area (TPSA) is 86.8 Å². The number of benzene rings is 1. The van der Waals surface area contributed by atoms with Gasteiger partial charge in [0.25, 0.3) is 0 Å². The monoisotopic (exact) mass is 507 g/mol. The second-order valence-electron chi connectivity index (χ2n) is 8.71. The van der Waals surface area contributed by atoms with Crippen molar-refractivity contribution in [3.63, 3.8) is 0 Å². The molecule has 4 amide bonds. The Balaban J connectivity index is 1.77. The lowest BCUT2D eigenvalue weighted by Crippen LogP contribution is -2.49. The molecule has 1 N–H and O–H groups in total. The van der Waals surface area contributed by atoms with Crippen molar-refractivity contribution in [2.75, 3.05) is 13.1 Å². The lowest BCUT2D eigenvalue weighted by atomic mass is 9.85. The van der Waals surface area contributed by atoms with Crippen LogP contribution in [0.5, 0.6) is 0 Å². The highest BCUT2D eigenvalue weighted by molar-refractivity contribution is 6.35. The van der Waals surface area contributed by atoms with Crippen LogP contribution in [0.2, 0.25) is 10.0 Å². The summed E-state index contributed by atoms with van der Waals surface area (Å²) >= 11 is 12.4. The van der Waals surface area contributed by atoms with Crippen LogP contribution < -0.4 is 5.32 Å². The van der Waals surface area contributed by atoms with Gasteiger partial charge >= 0.3 is 0 Å². The van der Waals surface area contributed by atoms with Gasteiger partial charge in [-0.3, -0.25) is 24.1 Å². The highest BCUT2D eigenvalue weighted by Crippen LogP contribution is 2.35. The van der Waals surface area contributed by atoms with E-state index in [2.05, 4.69) is 5.32 Å². The molecule has 34 heavy (non-hydrogen) atoms. The summed E-state index contributed by atoms with van der Waals surface area (Å²) in [6.07, 6.45) is 6.08. The summed E-state index contributed by atoms with van der Waals surface area (Å²) in [5.41, 5.74) is 0.659. The van der Waals surface area contributed by atoms with Crippen LogP contribution >= 0.6 is 23.2 Å². The standard InChI is InChI=1S/C25H31Cl2N3O4/c1-3-12-28-23(32)21(4-2)30(15-16-9-10-17(26)14-20(16)27)22(31)11-13-29-24(33)18-7-5-6-8-19(18)25(29)34/h5-6,9-10,14,18-19,21H,3-4,7-8,11-13,15H2,1-2H3,(H,28,32)/t18-,19+,21?. The van der Waals surface area contributed by atoms with Crippen molar-refractivity contribution >= 4 is 46.8 Å². The number of halogens is 2. The van der Waals surface area contributed by atoms with Gasteiger partial charge in [0.2, 0.25) is 23.6 Å². The molecule has 0 radical (unpaired) electrons. The van der Waals surface area contributed by atoms with Crippen LogP contribution in [-0.4, -0.2) is 52.6 Å². The molecule has 1 heterocycles. The van der Waals surface area contributed by atoms with E-state index in [4.69, 9.17) is 23.2 Å². The van der Waals surface area contributed by atoms with Crippen molar-refractivity contribution in [2.24, 2.45) is 11.8 Å². The molecule has 1 aliphatic carbocycles. The maximum absolute atomic E-state index is 13.4. The largest absolute Gasteiger partial charge is 0.354 e. The van der Waals surface area contributed by atoms with Gasteiger partial charge in [-0.15, -0.1) is 0 Å². The highest BCUT2D eigenvalue weighted by atomic mass is 35.5. The number of hydrogen-bond donors (Lipinski definition) is 1. The number of likely N-dealkylation sites (tertiary alicyclic amines) is 1. The van der Waals surface area contributed by atoms with Crippen molar-refractivity contribution in [1.29, 1.82) is 0 Å². The summed E-state index contributed by atoms with van der Waals surface area (Å²) in [6, 6.07) is 4.30. The van der Waals surface area contributed by atoms with Crippen LogP contribution in [0.4, 0.5) is 0 Å². The fourth-order valence-electron chi connectivity index (χ4n) is 4.56. The second kappa shape index (κ2) is 11.8. The maximum Gasteiger partial charge on any atom is 0.242 e. The molecule has 0 saturated carbocycles. The first-order valence-electron chi connectivity index (χ1n) is 11.8. The number of carbonyl (C=O) groups excluding carboxylic acids is 4. The Hall–Kier alpha value is -2.38. The number of rotatable bonds is 10. The van der Waals surface area contributed by atoms with Crippen LogP contribution in [0.25, 0.3) is 0 Å². The number of nitrogens with zero attached hydrogens (tertiary/aromatic N) is 2. The normalized spacial score (nSPS) is 20.3. The molecule has 0 aromatic heterocycles. The first-order chi connectivity index (χ1) is 16.3. The number of nitrogens with one attached hydrogen (secondary N) is 1. The molecule has 7 nitrogen and oxygen atoms in total. The Morgan fingerprint density at radius 1 is 1.12 bits per heavy atom. The zero-order valence-electron chi connectivity index (χ0n) is 19.6. The molecular formula is C25H31Cl2N3O4. The van der Waals surface area contributed by atoms with Gasteiger partial charge in [0, 0.05) is 36.1 Å². The third-order valence-electron chi connectivity index (χ3n) is 6.44. The number of imide groups is 1. The van der Waals surface area contributed by atoms with Gasteiger partial charge < -0.3 is 10.2 Å². The van der Waals surface area contributed by atoms with Gasteiger partial charge in [-0.05, 0) is 43.4 Å². The summed E-state index contributed by atoms with van der Waals surface area (Å²) in [6.45, 7) is 4.41. The fraction of sp³-hybridized carbons (Fsp3) is 0.520. The number of allylic oxidation sites excluding steroid dienone is 2. The van der Waals surface area contributed by atoms with E-state index in [1.807, 2.05) is 26.0 Å². The second-order valence-corrected chi connectivity index (χ2v) is 9.55. The van der Waals surface area contributed by atoms with Crippen LogP contribution in [0.1, 0.15) is 51.5 Å². The van der Waals surface area contributed by atoms with Crippen LogP contribution in [0, 0.1) is 11.8 Å². The van der Waals surface area contributed by atoms with Crippen molar-refractivity contribution in [2.45, 2.75) is 58.5 Å². The molecule has 1 fully saturated rings. The van der Waals surface area contributed by atoms with Crippen LogP contribution in [-0.2, 0) is 25.7 Å². The summed E-state index contributed by atoms with van der Waals surface area (Å²) in [5, 5.41) is 3.73. The number of carbonyl (C=O) groups is 4. The van der Waals surface area contributed by atoms with Gasteiger partial charge in [-0.1, -0.05) is 55.3 Å². The van der Waals surface area contributed by atoms with E-state index in [1.165, 1.54) is 9.80 Å². The molecule has 1 saturated heterocycles. The summed E-state index contributed by atoms with van der Waals surface area (Å²) in [4.78, 5) is 54.5. The molecule has 184 valence electrons. The van der Waals surface area contributed by atoms with Crippen molar-refractivity contribution in [3.8, 4) is 0 Å². The highest BCUT2D eigenvalue weighted by Gasteiger charge is 2.47. The van der Waals surface area contributed by atoms with E-state index in [9.17, 15) is 19.2 Å². The average molecular weight is 508 g/mol. The molecule has 9 heteroatoms. The minimum absolute atomic E-state index is 0.00135. The third-order valence-corrected chi connectivity index (χ3v) is 7.03. The molecule has 2 aliphatic rings. The summed E-state index contributed by atoms with van der Waals surface area (Å²) in [5.74, 6) is -1.66. The van der Waals surface area contributed by atoms with E-state index in [0.29, 0.717) is 41.4 Å². The first-order valence-corrected chi connectivity index (χ1v) is 12.5. The van der Waals surface area contributed by atoms with E-state index in [1.54, 1.807) is 18.2 Å². The molecule has 1 aliphatic heterocycles. The minimum Gasteiger partial charge on any atom is -0.354 e. The zero-order valence-corrected chi connectivity index (χ0v) is 21.1. The Bertz CT molecular complexity index is 955. The van der Waals surface area contributed by atoms with Crippen molar-refractivity contribution in [3.05, 3.63) is 46.0 Å². The van der Waals surface area contributed by atoms with Crippen LogP contribution in [0.3, 0.4) is 0 Å². The summed E-state index contributed by atoms with van der Waals surface area (Å²) in [7, 11) is 0. The first kappa shape index (κ1) is 26.2. The van der Waals surface area contributed by atoms with E-state index in [-0.39, 0.29) is 55.0 Å². The Morgan fingerprint density at radius 3 is 2.32 bits per heavy atom. The van der Waals surface area contributed by atoms with Crippen molar-refractivity contribution in [1.82, 2.24) is 15.1 Å². The van der Waals surface area contributed by atoms with Gasteiger partial charge in [0.15, 0.2) is 0 Å². The smallest absolute Gasteiger partial charge is 0.242 e. The SMILES string of the molecule is CCCNC(=O)C(CC)N(Cc1ccc(Cl)cc1Cl)C(=O)CCN1C(=O)[C@H]2CC=CC[C@H]2C1=O. The van der Waals surface area contributed by atoms with Gasteiger partial charge in [-0.2, -0.15) is 0 Å². The zero-order chi connectivity index (χ0) is 24.8. The molecule has 3 atom stereocenters. The molecule has 3 rings (SSSR count). The van der Waals surface area contributed by atoms with E-state index < -0.39 is 6.04 Å². The average Bonchev–Trinajstić information content (AvgIpc) is 3.07. The molecular weight excluding hydrogens is 477 g/mol. The number of fused-ring (bicyclic) bond motifs is 1. The molecule has 1 aromatic carbocycles. The van der Waals surface area contributed by atoms with Gasteiger partial charge in [0.05, 0.1) is 11.8 Å². The molecule has 0 bridgehead atoms. The molecule has 0 spiro atoms. The van der Waals surface area contributed by atoms with E-state index in [0.717, 1.165) is 6.42 Å². The Labute approximate surface area is 210 Å². The summed E-state index contributed by atoms with van der Waals surface area (Å²) < 4.78 is 0.